The van der Waals surface area contributed by atoms with Crippen LogP contribution in [0.4, 0.5) is 5.69 Å². The van der Waals surface area contributed by atoms with Crippen LogP contribution in [0.5, 0.6) is 11.5 Å². The van der Waals surface area contributed by atoms with Crippen molar-refractivity contribution in [3.63, 3.8) is 0 Å². The Labute approximate surface area is 201 Å². The molecule has 0 aromatic heterocycles. The zero-order chi connectivity index (χ0) is 24.4. The average Bonchev–Trinajstić information content (AvgIpc) is 2.72. The van der Waals surface area contributed by atoms with E-state index in [1.54, 1.807) is 19.1 Å². The third kappa shape index (κ3) is 8.23. The van der Waals surface area contributed by atoms with Crippen molar-refractivity contribution in [2.75, 3.05) is 25.1 Å². The fourth-order valence-corrected chi connectivity index (χ4v) is 3.48. The maximum absolute atomic E-state index is 12.4. The molecule has 3 N–H and O–H groups in total. The molecule has 0 aliphatic heterocycles. The second kappa shape index (κ2) is 12.6. The van der Waals surface area contributed by atoms with Crippen LogP contribution >= 0.6 is 15.9 Å². The van der Waals surface area contributed by atoms with Crippen LogP contribution < -0.4 is 25.5 Å². The first-order chi connectivity index (χ1) is 15.7. The van der Waals surface area contributed by atoms with Crippen molar-refractivity contribution < 1.29 is 23.9 Å². The molecular formula is C23H27BrN4O5. The number of rotatable bonds is 9. The second-order valence-corrected chi connectivity index (χ2v) is 7.89. The Kier molecular flexibility index (Phi) is 9.86. The molecule has 0 saturated carbocycles. The van der Waals surface area contributed by atoms with E-state index in [1.807, 2.05) is 39.0 Å². The van der Waals surface area contributed by atoms with Gasteiger partial charge in [0.1, 0.15) is 0 Å². The Morgan fingerprint density at radius 2 is 1.70 bits per heavy atom. The predicted molar refractivity (Wildman–Crippen MR) is 130 cm³/mol. The van der Waals surface area contributed by atoms with Crippen molar-refractivity contribution in [1.82, 2.24) is 10.7 Å². The number of carbonyl (C=O) groups is 3. The van der Waals surface area contributed by atoms with Gasteiger partial charge in [0.15, 0.2) is 18.1 Å². The standard InChI is InChI=1S/C23H27BrN4O5/c1-5-25-22(30)23(31)28-26-12-16-10-18(24)21(19(11-16)32-6-2)33-13-20(29)27-17-8-14(3)7-15(4)9-17/h7-12H,5-6,13H2,1-4H3,(H,25,30)(H,27,29)(H,28,31)/b26-12-. The van der Waals surface area contributed by atoms with Crippen molar-refractivity contribution in [3.05, 3.63) is 51.5 Å². The summed E-state index contributed by atoms with van der Waals surface area (Å²) in [5.74, 6) is -1.20. The van der Waals surface area contributed by atoms with Crippen LogP contribution in [0.3, 0.4) is 0 Å². The molecule has 0 fully saturated rings. The molecule has 0 aliphatic rings. The summed E-state index contributed by atoms with van der Waals surface area (Å²) in [5.41, 5.74) is 5.52. The molecule has 2 aromatic carbocycles. The topological polar surface area (TPSA) is 118 Å². The van der Waals surface area contributed by atoms with Crippen LogP contribution in [0, 0.1) is 13.8 Å². The zero-order valence-corrected chi connectivity index (χ0v) is 20.5. The Morgan fingerprint density at radius 3 is 2.33 bits per heavy atom. The molecule has 0 bridgehead atoms. The Balaban J connectivity index is 2.07. The SMILES string of the molecule is CCNC(=O)C(=O)N/N=C\c1cc(Br)c(OCC(=O)Nc2cc(C)cc(C)c2)c(OCC)c1. The molecule has 0 saturated heterocycles. The normalized spacial score (nSPS) is 10.6. The lowest BCUT2D eigenvalue weighted by molar-refractivity contribution is -0.139. The number of amides is 3. The van der Waals surface area contributed by atoms with E-state index in [9.17, 15) is 14.4 Å². The van der Waals surface area contributed by atoms with Gasteiger partial charge in [-0.1, -0.05) is 6.07 Å². The monoisotopic (exact) mass is 518 g/mol. The van der Waals surface area contributed by atoms with Crippen LogP contribution in [0.15, 0.2) is 39.9 Å². The fourth-order valence-electron chi connectivity index (χ4n) is 2.90. The Morgan fingerprint density at radius 1 is 1.00 bits per heavy atom. The van der Waals surface area contributed by atoms with Gasteiger partial charge in [0.05, 0.1) is 17.3 Å². The highest BCUT2D eigenvalue weighted by Crippen LogP contribution is 2.36. The molecule has 0 spiro atoms. The number of hydrogen-bond donors (Lipinski definition) is 3. The number of carbonyl (C=O) groups excluding carboxylic acids is 3. The number of halogens is 1. The van der Waals surface area contributed by atoms with Gasteiger partial charge < -0.3 is 20.1 Å². The molecule has 0 radical (unpaired) electrons. The summed E-state index contributed by atoms with van der Waals surface area (Å²) in [6, 6.07) is 9.11. The fraction of sp³-hybridized carbons (Fsp3) is 0.304. The molecule has 33 heavy (non-hydrogen) atoms. The number of aryl methyl sites for hydroxylation is 2. The third-order valence-electron chi connectivity index (χ3n) is 4.11. The predicted octanol–water partition coefficient (Wildman–Crippen LogP) is 3.07. The van der Waals surface area contributed by atoms with Gasteiger partial charge >= 0.3 is 11.8 Å². The number of nitrogens with one attached hydrogen (secondary N) is 3. The molecule has 2 aromatic rings. The lowest BCUT2D eigenvalue weighted by Crippen LogP contribution is -2.37. The average molecular weight is 519 g/mol. The molecule has 0 atom stereocenters. The van der Waals surface area contributed by atoms with Gasteiger partial charge in [-0.15, -0.1) is 0 Å². The molecule has 0 aliphatic carbocycles. The van der Waals surface area contributed by atoms with Crippen molar-refractivity contribution in [2.24, 2.45) is 5.10 Å². The minimum absolute atomic E-state index is 0.221. The highest BCUT2D eigenvalue weighted by molar-refractivity contribution is 9.10. The van der Waals surface area contributed by atoms with E-state index < -0.39 is 11.8 Å². The smallest absolute Gasteiger partial charge is 0.329 e. The van der Waals surface area contributed by atoms with Crippen molar-refractivity contribution in [3.8, 4) is 11.5 Å². The number of hydrazone groups is 1. The summed E-state index contributed by atoms with van der Waals surface area (Å²) in [6.07, 6.45) is 1.36. The van der Waals surface area contributed by atoms with E-state index in [0.717, 1.165) is 11.1 Å². The Hall–Kier alpha value is -3.40. The molecule has 0 unspecified atom stereocenters. The number of benzene rings is 2. The van der Waals surface area contributed by atoms with Crippen molar-refractivity contribution in [1.29, 1.82) is 0 Å². The van der Waals surface area contributed by atoms with E-state index in [4.69, 9.17) is 9.47 Å². The summed E-state index contributed by atoms with van der Waals surface area (Å²) < 4.78 is 11.9. The summed E-state index contributed by atoms with van der Waals surface area (Å²) >= 11 is 3.42. The number of anilines is 1. The molecule has 3 amide bonds. The minimum Gasteiger partial charge on any atom is -0.490 e. The van der Waals surface area contributed by atoms with Crippen LogP contribution in [0.25, 0.3) is 0 Å². The summed E-state index contributed by atoms with van der Waals surface area (Å²) in [6.45, 7) is 7.93. The minimum atomic E-state index is -0.869. The first kappa shape index (κ1) is 25.9. The highest BCUT2D eigenvalue weighted by Gasteiger charge is 2.15. The van der Waals surface area contributed by atoms with E-state index in [-0.39, 0.29) is 12.5 Å². The third-order valence-corrected chi connectivity index (χ3v) is 4.70. The molecule has 9 nitrogen and oxygen atoms in total. The molecule has 2 rings (SSSR count). The highest BCUT2D eigenvalue weighted by atomic mass is 79.9. The zero-order valence-electron chi connectivity index (χ0n) is 19.0. The first-order valence-electron chi connectivity index (χ1n) is 10.3. The largest absolute Gasteiger partial charge is 0.490 e. The van der Waals surface area contributed by atoms with Crippen molar-refractivity contribution in [2.45, 2.75) is 27.7 Å². The molecular weight excluding hydrogens is 492 g/mol. The number of hydrogen-bond acceptors (Lipinski definition) is 6. The van der Waals surface area contributed by atoms with E-state index >= 15 is 0 Å². The maximum Gasteiger partial charge on any atom is 0.329 e. The number of likely N-dealkylation sites (N-methyl/N-ethyl adjacent to an activating group) is 1. The van der Waals surface area contributed by atoms with Crippen LogP contribution in [-0.2, 0) is 14.4 Å². The summed E-state index contributed by atoms with van der Waals surface area (Å²) in [5, 5.41) is 8.98. The quantitative estimate of drug-likeness (QED) is 0.268. The molecule has 0 heterocycles. The first-order valence-corrected chi connectivity index (χ1v) is 11.1. The molecule has 176 valence electrons. The lowest BCUT2D eigenvalue weighted by Gasteiger charge is -2.15. The van der Waals surface area contributed by atoms with Gasteiger partial charge in [0.25, 0.3) is 5.91 Å². The van der Waals surface area contributed by atoms with Gasteiger partial charge in [-0.05, 0) is 84.6 Å². The molecule has 10 heteroatoms. The van der Waals surface area contributed by atoms with Crippen molar-refractivity contribution >= 4 is 45.6 Å². The van der Waals surface area contributed by atoms with Gasteiger partial charge in [-0.25, -0.2) is 5.43 Å². The Bertz CT molecular complexity index is 1040. The number of nitrogens with zero attached hydrogens (tertiary/aromatic N) is 1. The maximum atomic E-state index is 12.4. The van der Waals surface area contributed by atoms with Crippen LogP contribution in [0.1, 0.15) is 30.5 Å². The van der Waals surface area contributed by atoms with Crippen LogP contribution in [0.2, 0.25) is 0 Å². The lowest BCUT2D eigenvalue weighted by atomic mass is 10.1. The van der Waals surface area contributed by atoms with E-state index in [0.29, 0.717) is 40.4 Å². The van der Waals surface area contributed by atoms with Gasteiger partial charge in [-0.2, -0.15) is 5.10 Å². The van der Waals surface area contributed by atoms with Gasteiger partial charge in [-0.3, -0.25) is 14.4 Å². The van der Waals surface area contributed by atoms with Gasteiger partial charge in [0.2, 0.25) is 0 Å². The van der Waals surface area contributed by atoms with Crippen LogP contribution in [-0.4, -0.2) is 43.7 Å². The van der Waals surface area contributed by atoms with E-state index in [1.165, 1.54) is 6.21 Å². The summed E-state index contributed by atoms with van der Waals surface area (Å²) in [4.78, 5) is 35.4. The van der Waals surface area contributed by atoms with E-state index in [2.05, 4.69) is 37.1 Å². The summed E-state index contributed by atoms with van der Waals surface area (Å²) in [7, 11) is 0. The van der Waals surface area contributed by atoms with Gasteiger partial charge in [0, 0.05) is 12.2 Å². The number of ether oxygens (including phenoxy) is 2. The second-order valence-electron chi connectivity index (χ2n) is 7.03.